The van der Waals surface area contributed by atoms with Gasteiger partial charge in [-0.3, -0.25) is 9.48 Å². The van der Waals surface area contributed by atoms with E-state index in [1.54, 1.807) is 4.68 Å². The summed E-state index contributed by atoms with van der Waals surface area (Å²) in [6, 6.07) is 7.81. The Morgan fingerprint density at radius 3 is 2.91 bits per heavy atom. The summed E-state index contributed by atoms with van der Waals surface area (Å²) in [6.45, 7) is 2.15. The second-order valence-corrected chi connectivity index (χ2v) is 7.26. The van der Waals surface area contributed by atoms with Crippen molar-refractivity contribution < 1.29 is 4.79 Å². The molecule has 2 N–H and O–H groups in total. The molecule has 118 valence electrons. The number of amides is 1. The molecule has 1 unspecified atom stereocenters. The summed E-state index contributed by atoms with van der Waals surface area (Å²) in [4.78, 5) is 15.9. The first-order chi connectivity index (χ1) is 11.0. The molecule has 2 aromatic heterocycles. The number of rotatable bonds is 3. The van der Waals surface area contributed by atoms with E-state index in [4.69, 9.17) is 0 Å². The molecule has 2 atom stereocenters. The van der Waals surface area contributed by atoms with Crippen LogP contribution in [0, 0.1) is 5.92 Å². The minimum atomic E-state index is -0.288. The Bertz CT molecular complexity index is 912. The number of carbonyl (C=O) groups excluding carboxylic acids is 1. The lowest BCUT2D eigenvalue weighted by molar-refractivity contribution is 0.0923. The molecule has 1 aliphatic carbocycles. The smallest absolute Gasteiger partial charge is 0.268 e. The number of fused-ring (bicyclic) bond motifs is 1. The molecule has 5 nitrogen and oxygen atoms in total. The lowest BCUT2D eigenvalue weighted by Crippen LogP contribution is -2.36. The summed E-state index contributed by atoms with van der Waals surface area (Å²) in [6.07, 6.45) is 4.76. The number of hydrogen-bond donors (Lipinski definition) is 2. The summed E-state index contributed by atoms with van der Waals surface area (Å²) in [7, 11) is 1.89. The Morgan fingerprint density at radius 1 is 1.48 bits per heavy atom. The van der Waals surface area contributed by atoms with Gasteiger partial charge in [-0.25, -0.2) is 0 Å². The maximum atomic E-state index is 12.7. The highest BCUT2D eigenvalue weighted by molar-refractivity contribution is 9.10. The Balaban J connectivity index is 1.63. The van der Waals surface area contributed by atoms with Gasteiger partial charge in [0, 0.05) is 34.2 Å². The maximum Gasteiger partial charge on any atom is 0.268 e. The molecular formula is C17H17BrN4O. The highest BCUT2D eigenvalue weighted by Gasteiger charge is 2.54. The summed E-state index contributed by atoms with van der Waals surface area (Å²) in [5.41, 5.74) is 2.32. The molecule has 2 heterocycles. The molecule has 0 bridgehead atoms. The van der Waals surface area contributed by atoms with Gasteiger partial charge in [-0.2, -0.15) is 5.10 Å². The predicted molar refractivity (Wildman–Crippen MR) is 92.1 cm³/mol. The van der Waals surface area contributed by atoms with Crippen LogP contribution in [0.1, 0.15) is 29.4 Å². The number of carbonyl (C=O) groups is 1. The molecule has 1 fully saturated rings. The zero-order chi connectivity index (χ0) is 16.2. The first-order valence-electron chi connectivity index (χ1n) is 7.58. The maximum absolute atomic E-state index is 12.7. The van der Waals surface area contributed by atoms with Crippen molar-refractivity contribution in [2.45, 2.75) is 18.9 Å². The van der Waals surface area contributed by atoms with Gasteiger partial charge in [0.1, 0.15) is 5.69 Å². The molecule has 3 aromatic rings. The van der Waals surface area contributed by atoms with Crippen LogP contribution in [-0.2, 0) is 12.6 Å². The monoisotopic (exact) mass is 372 g/mol. The van der Waals surface area contributed by atoms with Crippen molar-refractivity contribution in [3.05, 3.63) is 52.4 Å². The molecule has 0 aliphatic heterocycles. The van der Waals surface area contributed by atoms with Crippen molar-refractivity contribution in [3.8, 4) is 0 Å². The zero-order valence-corrected chi connectivity index (χ0v) is 14.5. The fourth-order valence-electron chi connectivity index (χ4n) is 3.22. The molecule has 0 radical (unpaired) electrons. The van der Waals surface area contributed by atoms with E-state index in [2.05, 4.69) is 38.3 Å². The minimum absolute atomic E-state index is 0.0782. The molecule has 1 amide bonds. The number of nitrogens with zero attached hydrogens (tertiary/aromatic N) is 2. The molecule has 0 spiro atoms. The van der Waals surface area contributed by atoms with Gasteiger partial charge in [-0.15, -0.1) is 0 Å². The average Bonchev–Trinajstić information content (AvgIpc) is 2.90. The third-order valence-electron chi connectivity index (χ3n) is 4.69. The summed E-state index contributed by atoms with van der Waals surface area (Å²) < 4.78 is 2.77. The largest absolute Gasteiger partial charge is 0.351 e. The van der Waals surface area contributed by atoms with Crippen molar-refractivity contribution in [2.75, 3.05) is 0 Å². The quantitative estimate of drug-likeness (QED) is 0.740. The molecule has 1 aromatic carbocycles. The highest BCUT2D eigenvalue weighted by atomic mass is 79.9. The molecule has 23 heavy (non-hydrogen) atoms. The van der Waals surface area contributed by atoms with Crippen LogP contribution in [0.3, 0.4) is 0 Å². The van der Waals surface area contributed by atoms with Crippen LogP contribution >= 0.6 is 15.9 Å². The number of hydrogen-bond acceptors (Lipinski definition) is 2. The van der Waals surface area contributed by atoms with Crippen molar-refractivity contribution in [3.63, 3.8) is 0 Å². The first kappa shape index (κ1) is 14.5. The first-order valence-corrected chi connectivity index (χ1v) is 8.37. The van der Waals surface area contributed by atoms with E-state index < -0.39 is 0 Å². The number of nitrogens with one attached hydrogen (secondary N) is 2. The van der Waals surface area contributed by atoms with E-state index in [1.807, 2.05) is 43.7 Å². The highest BCUT2D eigenvalue weighted by Crippen LogP contribution is 2.51. The van der Waals surface area contributed by atoms with E-state index in [1.165, 1.54) is 0 Å². The van der Waals surface area contributed by atoms with E-state index >= 15 is 0 Å². The van der Waals surface area contributed by atoms with Crippen LogP contribution < -0.4 is 5.32 Å². The van der Waals surface area contributed by atoms with Gasteiger partial charge >= 0.3 is 0 Å². The van der Waals surface area contributed by atoms with Gasteiger partial charge in [0.25, 0.3) is 5.91 Å². The normalized spacial score (nSPS) is 23.2. The van der Waals surface area contributed by atoms with Crippen LogP contribution in [0.2, 0.25) is 0 Å². The molecular weight excluding hydrogens is 356 g/mol. The van der Waals surface area contributed by atoms with Crippen LogP contribution in [0.15, 0.2) is 41.1 Å². The van der Waals surface area contributed by atoms with Crippen molar-refractivity contribution in [1.29, 1.82) is 0 Å². The standard InChI is InChI=1S/C17H17BrN4O/c1-10-7-17(10,12-8-19-22(2)9-12)21-16(23)15-6-11-5-13(18)3-4-14(11)20-15/h3-6,8-10,20H,7H2,1-2H3,(H,21,23)/t10-,17?/m1/s1. The lowest BCUT2D eigenvalue weighted by atomic mass is 10.1. The second-order valence-electron chi connectivity index (χ2n) is 6.35. The summed E-state index contributed by atoms with van der Waals surface area (Å²) >= 11 is 3.45. The van der Waals surface area contributed by atoms with Gasteiger partial charge in [-0.05, 0) is 36.6 Å². The van der Waals surface area contributed by atoms with E-state index in [0.717, 1.165) is 27.4 Å². The number of aryl methyl sites for hydroxylation is 1. The lowest BCUT2D eigenvalue weighted by Gasteiger charge is -2.16. The van der Waals surface area contributed by atoms with Crippen LogP contribution in [-0.4, -0.2) is 20.7 Å². The number of aromatic amines is 1. The van der Waals surface area contributed by atoms with Crippen molar-refractivity contribution >= 4 is 32.7 Å². The van der Waals surface area contributed by atoms with Gasteiger partial charge in [0.15, 0.2) is 0 Å². The van der Waals surface area contributed by atoms with E-state index in [0.29, 0.717) is 11.6 Å². The number of aromatic nitrogens is 3. The Hall–Kier alpha value is -2.08. The topological polar surface area (TPSA) is 62.7 Å². The van der Waals surface area contributed by atoms with Crippen LogP contribution in [0.5, 0.6) is 0 Å². The van der Waals surface area contributed by atoms with E-state index in [9.17, 15) is 4.79 Å². The molecule has 4 rings (SSSR count). The van der Waals surface area contributed by atoms with Gasteiger partial charge in [-0.1, -0.05) is 22.9 Å². The molecule has 1 aliphatic rings. The molecule has 0 saturated heterocycles. The average molecular weight is 373 g/mol. The third kappa shape index (κ3) is 2.37. The number of benzene rings is 1. The third-order valence-corrected chi connectivity index (χ3v) is 5.19. The van der Waals surface area contributed by atoms with Crippen molar-refractivity contribution in [2.24, 2.45) is 13.0 Å². The second kappa shape index (κ2) is 4.96. The predicted octanol–water partition coefficient (Wildman–Crippen LogP) is 3.33. The fourth-order valence-corrected chi connectivity index (χ4v) is 3.60. The van der Waals surface area contributed by atoms with Gasteiger partial charge in [0.2, 0.25) is 0 Å². The number of halogens is 1. The Morgan fingerprint density at radius 2 is 2.26 bits per heavy atom. The summed E-state index contributed by atoms with van der Waals surface area (Å²) in [5, 5.41) is 8.45. The van der Waals surface area contributed by atoms with Crippen molar-refractivity contribution in [1.82, 2.24) is 20.1 Å². The Kier molecular flexibility index (Phi) is 3.13. The van der Waals surface area contributed by atoms with Crippen LogP contribution in [0.25, 0.3) is 10.9 Å². The van der Waals surface area contributed by atoms with E-state index in [-0.39, 0.29) is 11.4 Å². The molecule has 1 saturated carbocycles. The Labute approximate surface area is 142 Å². The molecule has 6 heteroatoms. The minimum Gasteiger partial charge on any atom is -0.351 e. The zero-order valence-electron chi connectivity index (χ0n) is 12.9. The van der Waals surface area contributed by atoms with Gasteiger partial charge < -0.3 is 10.3 Å². The van der Waals surface area contributed by atoms with Crippen LogP contribution in [0.4, 0.5) is 0 Å². The number of H-pyrrole nitrogens is 1. The fraction of sp³-hybridized carbons (Fsp3) is 0.294. The van der Waals surface area contributed by atoms with Gasteiger partial charge in [0.05, 0.1) is 11.7 Å². The SMILES string of the molecule is C[C@@H]1CC1(NC(=O)c1cc2cc(Br)ccc2[nH]1)c1cnn(C)c1. The summed E-state index contributed by atoms with van der Waals surface area (Å²) in [5.74, 6) is 0.333.